The highest BCUT2D eigenvalue weighted by Gasteiger charge is 1.95. The number of carbonyl (C=O) groups excluding carboxylic acids is 1. The van der Waals surface area contributed by atoms with Crippen LogP contribution in [0.5, 0.6) is 0 Å². The standard InChI is InChI=1S/C5H8O2.CH4/c1-4(2)5(6)7-3;/h1H2,2-3H3;1H4. The first-order valence-electron chi connectivity index (χ1n) is 1.92. The maximum absolute atomic E-state index is 10.2. The molecule has 0 saturated carbocycles. The lowest BCUT2D eigenvalue weighted by molar-refractivity contribution is -0.136. The Kier molecular flexibility index (Phi) is 5.60. The van der Waals surface area contributed by atoms with Gasteiger partial charge in [-0.15, -0.1) is 0 Å². The quantitative estimate of drug-likeness (QED) is 0.382. The molecule has 0 aliphatic heterocycles. The van der Waals surface area contributed by atoms with Gasteiger partial charge in [-0.2, -0.15) is 0 Å². The van der Waals surface area contributed by atoms with E-state index in [9.17, 15) is 4.79 Å². The third kappa shape index (κ3) is 3.40. The Morgan fingerprint density at radius 1 is 1.62 bits per heavy atom. The Morgan fingerprint density at radius 2 is 2.00 bits per heavy atom. The molecule has 2 nitrogen and oxygen atoms in total. The van der Waals surface area contributed by atoms with E-state index in [1.807, 2.05) is 0 Å². The molecule has 0 rings (SSSR count). The molecule has 2 heteroatoms. The van der Waals surface area contributed by atoms with Gasteiger partial charge in [0.05, 0.1) is 7.11 Å². The van der Waals surface area contributed by atoms with Crippen molar-refractivity contribution in [1.82, 2.24) is 0 Å². The van der Waals surface area contributed by atoms with Crippen molar-refractivity contribution < 1.29 is 9.53 Å². The zero-order valence-corrected chi connectivity index (χ0v) is 4.52. The summed E-state index contributed by atoms with van der Waals surface area (Å²) < 4.78 is 4.27. The van der Waals surface area contributed by atoms with Gasteiger partial charge in [0.2, 0.25) is 0 Å². The van der Waals surface area contributed by atoms with E-state index >= 15 is 0 Å². The summed E-state index contributed by atoms with van der Waals surface area (Å²) in [6.07, 6.45) is 0. The van der Waals surface area contributed by atoms with E-state index in [0.29, 0.717) is 5.57 Å². The first-order chi connectivity index (χ1) is 3.18. The molecule has 0 amide bonds. The molecule has 0 aliphatic rings. The monoisotopic (exact) mass is 116 g/mol. The van der Waals surface area contributed by atoms with Gasteiger partial charge in [-0.3, -0.25) is 0 Å². The summed E-state index contributed by atoms with van der Waals surface area (Å²) in [6.45, 7) is 4.95. The second-order valence-electron chi connectivity index (χ2n) is 1.27. The van der Waals surface area contributed by atoms with Crippen LogP contribution in [0.2, 0.25) is 0 Å². The molecule has 0 unspecified atom stereocenters. The first-order valence-corrected chi connectivity index (χ1v) is 1.92. The van der Waals surface area contributed by atoms with Crippen molar-refractivity contribution >= 4 is 5.97 Å². The number of esters is 1. The van der Waals surface area contributed by atoms with Crippen molar-refractivity contribution in [3.05, 3.63) is 12.2 Å². The topological polar surface area (TPSA) is 26.3 Å². The number of methoxy groups -OCH3 is 1. The fraction of sp³-hybridized carbons (Fsp3) is 0.500. The van der Waals surface area contributed by atoms with Gasteiger partial charge in [0.25, 0.3) is 0 Å². The zero-order chi connectivity index (χ0) is 5.86. The summed E-state index contributed by atoms with van der Waals surface area (Å²) in [5.41, 5.74) is 0.433. The number of hydrogen-bond donors (Lipinski definition) is 0. The normalized spacial score (nSPS) is 6.75. The molecule has 0 atom stereocenters. The molecule has 0 N–H and O–H groups in total. The fourth-order valence-corrected chi connectivity index (χ4v) is 0.174. The molecule has 0 bridgehead atoms. The van der Waals surface area contributed by atoms with Crippen LogP contribution in [0.15, 0.2) is 12.2 Å². The lowest BCUT2D eigenvalue weighted by Gasteiger charge is -1.91. The molecule has 48 valence electrons. The van der Waals surface area contributed by atoms with E-state index < -0.39 is 0 Å². The molecule has 0 aromatic heterocycles. The van der Waals surface area contributed by atoms with Crippen LogP contribution in [0.3, 0.4) is 0 Å². The smallest absolute Gasteiger partial charge is 0.332 e. The van der Waals surface area contributed by atoms with Crippen LogP contribution in [0, 0.1) is 0 Å². The maximum Gasteiger partial charge on any atom is 0.332 e. The second-order valence-corrected chi connectivity index (χ2v) is 1.27. The molecule has 0 heterocycles. The van der Waals surface area contributed by atoms with Crippen LogP contribution in [0.25, 0.3) is 0 Å². The predicted octanol–water partition coefficient (Wildman–Crippen LogP) is 1.37. The summed E-state index contributed by atoms with van der Waals surface area (Å²) in [6, 6.07) is 0. The van der Waals surface area contributed by atoms with Crippen molar-refractivity contribution in [2.45, 2.75) is 14.4 Å². The fourth-order valence-electron chi connectivity index (χ4n) is 0.174. The van der Waals surface area contributed by atoms with E-state index in [2.05, 4.69) is 11.3 Å². The van der Waals surface area contributed by atoms with Gasteiger partial charge in [0.1, 0.15) is 0 Å². The minimum absolute atomic E-state index is 0. The minimum atomic E-state index is -0.347. The third-order valence-corrected chi connectivity index (χ3v) is 0.534. The van der Waals surface area contributed by atoms with Crippen molar-refractivity contribution in [3.8, 4) is 0 Å². The summed E-state index contributed by atoms with van der Waals surface area (Å²) in [5.74, 6) is -0.347. The van der Waals surface area contributed by atoms with Gasteiger partial charge in [-0.25, -0.2) is 4.79 Å². The van der Waals surface area contributed by atoms with E-state index in [1.54, 1.807) is 6.92 Å². The van der Waals surface area contributed by atoms with Crippen molar-refractivity contribution in [1.29, 1.82) is 0 Å². The van der Waals surface area contributed by atoms with Crippen LogP contribution < -0.4 is 0 Å². The number of ether oxygens (including phenoxy) is 1. The highest BCUT2D eigenvalue weighted by molar-refractivity contribution is 5.86. The highest BCUT2D eigenvalue weighted by atomic mass is 16.5. The van der Waals surface area contributed by atoms with Crippen molar-refractivity contribution in [2.75, 3.05) is 7.11 Å². The molecular formula is C6H12O2. The Labute approximate surface area is 50.2 Å². The first kappa shape index (κ1) is 10.2. The van der Waals surface area contributed by atoms with Gasteiger partial charge in [-0.05, 0) is 6.92 Å². The summed E-state index contributed by atoms with van der Waals surface area (Å²) >= 11 is 0. The molecular weight excluding hydrogens is 104 g/mol. The number of carbonyl (C=O) groups is 1. The minimum Gasteiger partial charge on any atom is -0.466 e. The molecule has 0 spiro atoms. The molecule has 0 aliphatic carbocycles. The van der Waals surface area contributed by atoms with Gasteiger partial charge >= 0.3 is 5.97 Å². The number of rotatable bonds is 1. The highest BCUT2D eigenvalue weighted by Crippen LogP contribution is 1.87. The van der Waals surface area contributed by atoms with Crippen molar-refractivity contribution in [3.63, 3.8) is 0 Å². The lowest BCUT2D eigenvalue weighted by atomic mass is 10.4. The van der Waals surface area contributed by atoms with Crippen LogP contribution in [-0.2, 0) is 9.53 Å². The molecule has 8 heavy (non-hydrogen) atoms. The lowest BCUT2D eigenvalue weighted by Crippen LogP contribution is -1.98. The van der Waals surface area contributed by atoms with E-state index in [0.717, 1.165) is 0 Å². The van der Waals surface area contributed by atoms with E-state index in [1.165, 1.54) is 7.11 Å². The van der Waals surface area contributed by atoms with Crippen LogP contribution in [0.4, 0.5) is 0 Å². The Morgan fingerprint density at radius 3 is 2.00 bits per heavy atom. The van der Waals surface area contributed by atoms with Crippen LogP contribution in [-0.4, -0.2) is 13.1 Å². The van der Waals surface area contributed by atoms with Crippen LogP contribution in [0.1, 0.15) is 14.4 Å². The number of hydrogen-bond acceptors (Lipinski definition) is 2. The Hall–Kier alpha value is -0.790. The van der Waals surface area contributed by atoms with E-state index in [4.69, 9.17) is 0 Å². The summed E-state index contributed by atoms with van der Waals surface area (Å²) in [4.78, 5) is 10.2. The predicted molar refractivity (Wildman–Crippen MR) is 33.6 cm³/mol. The average Bonchev–Trinajstić information content (AvgIpc) is 1.65. The maximum atomic E-state index is 10.2. The summed E-state index contributed by atoms with van der Waals surface area (Å²) in [5, 5.41) is 0. The van der Waals surface area contributed by atoms with Gasteiger partial charge in [0, 0.05) is 5.57 Å². The summed E-state index contributed by atoms with van der Waals surface area (Å²) in [7, 11) is 1.33. The Balaban J connectivity index is 0. The van der Waals surface area contributed by atoms with Crippen LogP contribution >= 0.6 is 0 Å². The molecule has 0 saturated heterocycles. The molecule has 0 fully saturated rings. The molecule has 0 aromatic rings. The third-order valence-electron chi connectivity index (χ3n) is 0.534. The zero-order valence-electron chi connectivity index (χ0n) is 4.52. The second kappa shape index (κ2) is 4.37. The Bertz CT molecular complexity index is 94.7. The van der Waals surface area contributed by atoms with Gasteiger partial charge in [-0.1, -0.05) is 14.0 Å². The SMILES string of the molecule is C.C=C(C)C(=O)OC. The van der Waals surface area contributed by atoms with Gasteiger partial charge < -0.3 is 4.74 Å². The molecule has 0 radical (unpaired) electrons. The van der Waals surface area contributed by atoms with Crippen molar-refractivity contribution in [2.24, 2.45) is 0 Å². The average molecular weight is 116 g/mol. The molecule has 0 aromatic carbocycles. The van der Waals surface area contributed by atoms with Gasteiger partial charge in [0.15, 0.2) is 0 Å². The van der Waals surface area contributed by atoms with E-state index in [-0.39, 0.29) is 13.4 Å². The largest absolute Gasteiger partial charge is 0.466 e.